The molecule has 2 nitrogen and oxygen atoms in total. The van der Waals surface area contributed by atoms with Crippen molar-refractivity contribution in [1.29, 1.82) is 0 Å². The molecule has 100 valence electrons. The highest BCUT2D eigenvalue weighted by Crippen LogP contribution is 2.18. The second-order valence-corrected chi connectivity index (χ2v) is 5.51. The first kappa shape index (κ1) is 13.6. The highest BCUT2D eigenvalue weighted by atomic mass is 15.1. The standard InChI is InChI=1S/C16H26N2/c1-18(14-15-8-4-2-5-9-15)13-7-3-6-12-17-16-10-11-16/h2,4-5,8-9,16-17H,3,6-7,10-14H2,1H3. The zero-order chi connectivity index (χ0) is 12.6. The molecular formula is C16H26N2. The van der Waals surface area contributed by atoms with Gasteiger partial charge in [-0.1, -0.05) is 36.8 Å². The zero-order valence-corrected chi connectivity index (χ0v) is 11.6. The van der Waals surface area contributed by atoms with Crippen LogP contribution in [0.2, 0.25) is 0 Å². The molecule has 2 heteroatoms. The van der Waals surface area contributed by atoms with Crippen molar-refractivity contribution in [2.24, 2.45) is 0 Å². The fourth-order valence-electron chi connectivity index (χ4n) is 2.25. The lowest BCUT2D eigenvalue weighted by Crippen LogP contribution is -2.20. The highest BCUT2D eigenvalue weighted by Gasteiger charge is 2.19. The van der Waals surface area contributed by atoms with Crippen molar-refractivity contribution in [2.75, 3.05) is 20.1 Å². The van der Waals surface area contributed by atoms with Gasteiger partial charge in [-0.05, 0) is 51.4 Å². The molecule has 0 amide bonds. The Morgan fingerprint density at radius 2 is 1.89 bits per heavy atom. The van der Waals surface area contributed by atoms with E-state index in [-0.39, 0.29) is 0 Å². The lowest BCUT2D eigenvalue weighted by atomic mass is 10.2. The van der Waals surface area contributed by atoms with Crippen LogP contribution in [0.15, 0.2) is 30.3 Å². The van der Waals surface area contributed by atoms with Gasteiger partial charge in [-0.25, -0.2) is 0 Å². The molecule has 0 bridgehead atoms. The van der Waals surface area contributed by atoms with Crippen molar-refractivity contribution < 1.29 is 0 Å². The Hall–Kier alpha value is -0.860. The van der Waals surface area contributed by atoms with Crippen molar-refractivity contribution in [3.8, 4) is 0 Å². The maximum absolute atomic E-state index is 3.57. The maximum atomic E-state index is 3.57. The van der Waals surface area contributed by atoms with E-state index in [1.807, 2.05) is 0 Å². The molecule has 0 saturated heterocycles. The molecule has 0 aromatic heterocycles. The Kier molecular flexibility index (Phi) is 5.69. The predicted molar refractivity (Wildman–Crippen MR) is 77.7 cm³/mol. The fourth-order valence-corrected chi connectivity index (χ4v) is 2.25. The van der Waals surface area contributed by atoms with E-state index in [4.69, 9.17) is 0 Å². The lowest BCUT2D eigenvalue weighted by Gasteiger charge is -2.16. The van der Waals surface area contributed by atoms with Crippen molar-refractivity contribution in [1.82, 2.24) is 10.2 Å². The van der Waals surface area contributed by atoms with Crippen LogP contribution in [-0.4, -0.2) is 31.1 Å². The predicted octanol–water partition coefficient (Wildman–Crippen LogP) is 3.04. The quantitative estimate of drug-likeness (QED) is 0.674. The number of hydrogen-bond donors (Lipinski definition) is 1. The molecule has 1 aromatic carbocycles. The van der Waals surface area contributed by atoms with Crippen molar-refractivity contribution in [3.05, 3.63) is 35.9 Å². The summed E-state index contributed by atoms with van der Waals surface area (Å²) in [6.45, 7) is 3.49. The fraction of sp³-hybridized carbons (Fsp3) is 0.625. The Labute approximate surface area is 111 Å². The Bertz CT molecular complexity index is 319. The van der Waals surface area contributed by atoms with Gasteiger partial charge in [-0.2, -0.15) is 0 Å². The van der Waals surface area contributed by atoms with Crippen LogP contribution >= 0.6 is 0 Å². The van der Waals surface area contributed by atoms with Crippen LogP contribution in [0.25, 0.3) is 0 Å². The minimum absolute atomic E-state index is 0.866. The minimum atomic E-state index is 0.866. The molecule has 0 unspecified atom stereocenters. The molecule has 0 spiro atoms. The lowest BCUT2D eigenvalue weighted by molar-refractivity contribution is 0.317. The van der Waals surface area contributed by atoms with Gasteiger partial charge >= 0.3 is 0 Å². The average Bonchev–Trinajstić information content (AvgIpc) is 3.19. The second-order valence-electron chi connectivity index (χ2n) is 5.51. The van der Waals surface area contributed by atoms with Gasteiger partial charge in [0.2, 0.25) is 0 Å². The van der Waals surface area contributed by atoms with E-state index in [0.717, 1.165) is 12.6 Å². The van der Waals surface area contributed by atoms with E-state index in [1.54, 1.807) is 0 Å². The summed E-state index contributed by atoms with van der Waals surface area (Å²) in [6, 6.07) is 11.6. The summed E-state index contributed by atoms with van der Waals surface area (Å²) in [5.74, 6) is 0. The first-order valence-electron chi connectivity index (χ1n) is 7.30. The normalized spacial score (nSPS) is 15.2. The smallest absolute Gasteiger partial charge is 0.0230 e. The van der Waals surface area contributed by atoms with E-state index in [1.165, 1.54) is 50.8 Å². The summed E-state index contributed by atoms with van der Waals surface area (Å²) in [6.07, 6.45) is 6.80. The number of nitrogens with zero attached hydrogens (tertiary/aromatic N) is 1. The van der Waals surface area contributed by atoms with Crippen LogP contribution in [0, 0.1) is 0 Å². The summed E-state index contributed by atoms with van der Waals surface area (Å²) in [5, 5.41) is 3.57. The van der Waals surface area contributed by atoms with Crippen molar-refractivity contribution in [2.45, 2.75) is 44.7 Å². The Morgan fingerprint density at radius 1 is 1.11 bits per heavy atom. The van der Waals surface area contributed by atoms with Crippen LogP contribution in [-0.2, 0) is 6.54 Å². The SMILES string of the molecule is CN(CCCCCNC1CC1)Cc1ccccc1. The van der Waals surface area contributed by atoms with Crippen LogP contribution in [0.1, 0.15) is 37.7 Å². The molecule has 1 fully saturated rings. The van der Waals surface area contributed by atoms with E-state index in [9.17, 15) is 0 Å². The summed E-state index contributed by atoms with van der Waals surface area (Å²) in [4.78, 5) is 2.42. The van der Waals surface area contributed by atoms with Gasteiger partial charge in [0.05, 0.1) is 0 Å². The summed E-state index contributed by atoms with van der Waals surface area (Å²) >= 11 is 0. The third-order valence-corrected chi connectivity index (χ3v) is 3.52. The van der Waals surface area contributed by atoms with Gasteiger partial charge < -0.3 is 10.2 Å². The number of unbranched alkanes of at least 4 members (excludes halogenated alkanes) is 2. The Balaban J connectivity index is 1.47. The molecule has 0 heterocycles. The van der Waals surface area contributed by atoms with Crippen LogP contribution in [0.5, 0.6) is 0 Å². The highest BCUT2D eigenvalue weighted by molar-refractivity contribution is 5.14. The van der Waals surface area contributed by atoms with Gasteiger partial charge in [0.25, 0.3) is 0 Å². The third-order valence-electron chi connectivity index (χ3n) is 3.52. The van der Waals surface area contributed by atoms with Crippen LogP contribution < -0.4 is 5.32 Å². The number of nitrogens with one attached hydrogen (secondary N) is 1. The molecular weight excluding hydrogens is 220 g/mol. The molecule has 1 aromatic rings. The zero-order valence-electron chi connectivity index (χ0n) is 11.6. The number of benzene rings is 1. The van der Waals surface area contributed by atoms with Gasteiger partial charge in [0, 0.05) is 12.6 Å². The summed E-state index contributed by atoms with van der Waals surface area (Å²) in [5.41, 5.74) is 1.41. The molecule has 1 saturated carbocycles. The molecule has 0 radical (unpaired) electrons. The van der Waals surface area contributed by atoms with E-state index < -0.39 is 0 Å². The van der Waals surface area contributed by atoms with E-state index in [2.05, 4.69) is 47.6 Å². The van der Waals surface area contributed by atoms with Crippen LogP contribution in [0.3, 0.4) is 0 Å². The number of hydrogen-bond acceptors (Lipinski definition) is 2. The first-order valence-corrected chi connectivity index (χ1v) is 7.30. The Morgan fingerprint density at radius 3 is 2.61 bits per heavy atom. The molecule has 0 atom stereocenters. The molecule has 18 heavy (non-hydrogen) atoms. The van der Waals surface area contributed by atoms with Crippen molar-refractivity contribution >= 4 is 0 Å². The molecule has 1 aliphatic rings. The second kappa shape index (κ2) is 7.55. The molecule has 1 aliphatic carbocycles. The minimum Gasteiger partial charge on any atom is -0.314 e. The number of rotatable bonds is 9. The maximum Gasteiger partial charge on any atom is 0.0230 e. The van der Waals surface area contributed by atoms with E-state index >= 15 is 0 Å². The average molecular weight is 246 g/mol. The molecule has 0 aliphatic heterocycles. The summed E-state index contributed by atoms with van der Waals surface area (Å²) in [7, 11) is 2.22. The molecule has 2 rings (SSSR count). The largest absolute Gasteiger partial charge is 0.314 e. The van der Waals surface area contributed by atoms with Gasteiger partial charge in [-0.15, -0.1) is 0 Å². The van der Waals surface area contributed by atoms with Gasteiger partial charge in [0.1, 0.15) is 0 Å². The topological polar surface area (TPSA) is 15.3 Å². The molecule has 1 N–H and O–H groups in total. The summed E-state index contributed by atoms with van der Waals surface area (Å²) < 4.78 is 0. The first-order chi connectivity index (χ1) is 8.84. The van der Waals surface area contributed by atoms with E-state index in [0.29, 0.717) is 0 Å². The van der Waals surface area contributed by atoms with Gasteiger partial charge in [-0.3, -0.25) is 0 Å². The monoisotopic (exact) mass is 246 g/mol. The van der Waals surface area contributed by atoms with Crippen LogP contribution in [0.4, 0.5) is 0 Å². The third kappa shape index (κ3) is 5.65. The van der Waals surface area contributed by atoms with Crippen molar-refractivity contribution in [3.63, 3.8) is 0 Å². The van der Waals surface area contributed by atoms with Gasteiger partial charge in [0.15, 0.2) is 0 Å².